The first kappa shape index (κ1) is 21.6. The summed E-state index contributed by atoms with van der Waals surface area (Å²) < 4.78 is 5.44. The number of carbonyl (C=O) groups is 1. The first-order valence-electron chi connectivity index (χ1n) is 8.36. The molecule has 0 bridgehead atoms. The number of amides is 1. The predicted molar refractivity (Wildman–Crippen MR) is 93.3 cm³/mol. The number of ether oxygens (including phenoxy) is 1. The van der Waals surface area contributed by atoms with Gasteiger partial charge in [-0.1, -0.05) is 40.5 Å². The molecule has 22 heavy (non-hydrogen) atoms. The summed E-state index contributed by atoms with van der Waals surface area (Å²) in [4.78, 5) is 14.6. The predicted octanol–water partition coefficient (Wildman–Crippen LogP) is 1.64. The second-order valence-electron chi connectivity index (χ2n) is 6.31. The molecule has 1 heterocycles. The van der Waals surface area contributed by atoms with Gasteiger partial charge in [-0.2, -0.15) is 0 Å². The highest BCUT2D eigenvalue weighted by Gasteiger charge is 2.28. The fraction of sp³-hybridized carbons (Fsp3) is 0.938. The molecule has 0 aromatic carbocycles. The molecule has 1 fully saturated rings. The van der Waals surface area contributed by atoms with Gasteiger partial charge in [0, 0.05) is 25.7 Å². The average Bonchev–Trinajstić information content (AvgIpc) is 2.51. The Hall–Kier alpha value is -0.360. The normalized spacial score (nSPS) is 18.9. The minimum absolute atomic E-state index is 0. The third-order valence-electron chi connectivity index (χ3n) is 4.61. The molecule has 0 aromatic heterocycles. The van der Waals surface area contributed by atoms with Crippen molar-refractivity contribution in [2.45, 2.75) is 52.6 Å². The van der Waals surface area contributed by atoms with Crippen LogP contribution >= 0.6 is 12.4 Å². The SMILES string of the molecule is CCC(CC)C(CNC(=O)[C@@H](N)C(C)C)N1CCOCC1.Cl. The maximum atomic E-state index is 12.1. The van der Waals surface area contributed by atoms with Crippen LogP contribution in [0.4, 0.5) is 0 Å². The number of halogens is 1. The first-order chi connectivity index (χ1) is 10.0. The summed E-state index contributed by atoms with van der Waals surface area (Å²) in [7, 11) is 0. The fourth-order valence-corrected chi connectivity index (χ4v) is 2.96. The summed E-state index contributed by atoms with van der Waals surface area (Å²) in [6, 6.07) is -0.0377. The van der Waals surface area contributed by atoms with Crippen LogP contribution in [-0.4, -0.2) is 55.7 Å². The van der Waals surface area contributed by atoms with E-state index < -0.39 is 6.04 Å². The van der Waals surface area contributed by atoms with E-state index in [9.17, 15) is 4.79 Å². The molecule has 0 saturated carbocycles. The molecule has 0 spiro atoms. The molecule has 1 rings (SSSR count). The zero-order valence-electron chi connectivity index (χ0n) is 14.5. The second-order valence-corrected chi connectivity index (χ2v) is 6.31. The van der Waals surface area contributed by atoms with E-state index >= 15 is 0 Å². The van der Waals surface area contributed by atoms with Crippen LogP contribution in [0.25, 0.3) is 0 Å². The Morgan fingerprint density at radius 1 is 1.23 bits per heavy atom. The van der Waals surface area contributed by atoms with Crippen molar-refractivity contribution < 1.29 is 9.53 Å². The Morgan fingerprint density at radius 3 is 2.23 bits per heavy atom. The molecular weight excluding hydrogens is 302 g/mol. The monoisotopic (exact) mass is 335 g/mol. The van der Waals surface area contributed by atoms with E-state index in [1.54, 1.807) is 0 Å². The number of hydrogen-bond donors (Lipinski definition) is 2. The van der Waals surface area contributed by atoms with Gasteiger partial charge in [0.2, 0.25) is 5.91 Å². The highest BCUT2D eigenvalue weighted by Crippen LogP contribution is 2.19. The van der Waals surface area contributed by atoms with Crippen molar-refractivity contribution in [2.75, 3.05) is 32.8 Å². The second kappa shape index (κ2) is 11.2. The number of morpholine rings is 1. The highest BCUT2D eigenvalue weighted by molar-refractivity contribution is 5.85. The van der Waals surface area contributed by atoms with E-state index in [0.29, 0.717) is 18.5 Å². The molecule has 2 atom stereocenters. The number of rotatable bonds is 8. The molecule has 132 valence electrons. The van der Waals surface area contributed by atoms with E-state index in [-0.39, 0.29) is 24.2 Å². The Bertz CT molecular complexity index is 306. The largest absolute Gasteiger partial charge is 0.379 e. The van der Waals surface area contributed by atoms with Crippen LogP contribution in [0.5, 0.6) is 0 Å². The molecule has 0 aliphatic carbocycles. The standard InChI is InChI=1S/C16H33N3O2.ClH/c1-5-13(6-2)14(19-7-9-21-10-8-19)11-18-16(20)15(17)12(3)4;/h12-15H,5-11,17H2,1-4H3,(H,18,20);1H/t14?,15-;/m0./s1. The lowest BCUT2D eigenvalue weighted by Gasteiger charge is -2.39. The molecule has 1 unspecified atom stereocenters. The Balaban J connectivity index is 0.00000441. The van der Waals surface area contributed by atoms with Crippen molar-refractivity contribution in [3.8, 4) is 0 Å². The van der Waals surface area contributed by atoms with Crippen LogP contribution < -0.4 is 11.1 Å². The van der Waals surface area contributed by atoms with Gasteiger partial charge in [0.15, 0.2) is 0 Å². The lowest BCUT2D eigenvalue weighted by Crippen LogP contribution is -2.54. The Kier molecular flexibility index (Phi) is 11.0. The summed E-state index contributed by atoms with van der Waals surface area (Å²) in [6.07, 6.45) is 2.26. The van der Waals surface area contributed by atoms with Crippen LogP contribution in [0, 0.1) is 11.8 Å². The van der Waals surface area contributed by atoms with Gasteiger partial charge >= 0.3 is 0 Å². The number of carbonyl (C=O) groups excluding carboxylic acids is 1. The van der Waals surface area contributed by atoms with Gasteiger partial charge in [-0.05, 0) is 11.8 Å². The fourth-order valence-electron chi connectivity index (χ4n) is 2.96. The van der Waals surface area contributed by atoms with Crippen LogP contribution in [0.3, 0.4) is 0 Å². The molecule has 1 aliphatic rings. The Labute approximate surface area is 141 Å². The third-order valence-corrected chi connectivity index (χ3v) is 4.61. The van der Waals surface area contributed by atoms with Crippen molar-refractivity contribution in [2.24, 2.45) is 17.6 Å². The van der Waals surface area contributed by atoms with E-state index in [1.165, 1.54) is 0 Å². The molecule has 6 heteroatoms. The van der Waals surface area contributed by atoms with Gasteiger partial charge in [-0.15, -0.1) is 12.4 Å². The van der Waals surface area contributed by atoms with Crippen LogP contribution in [0.15, 0.2) is 0 Å². The lowest BCUT2D eigenvalue weighted by atomic mass is 9.92. The lowest BCUT2D eigenvalue weighted by molar-refractivity contribution is -0.123. The van der Waals surface area contributed by atoms with E-state index in [1.807, 2.05) is 13.8 Å². The molecular formula is C16H34ClN3O2. The van der Waals surface area contributed by atoms with E-state index in [2.05, 4.69) is 24.1 Å². The number of nitrogens with two attached hydrogens (primary N) is 1. The van der Waals surface area contributed by atoms with Gasteiger partial charge in [0.1, 0.15) is 0 Å². The maximum Gasteiger partial charge on any atom is 0.237 e. The van der Waals surface area contributed by atoms with Gasteiger partial charge in [-0.3, -0.25) is 9.69 Å². The number of nitrogens with one attached hydrogen (secondary N) is 1. The highest BCUT2D eigenvalue weighted by atomic mass is 35.5. The Morgan fingerprint density at radius 2 is 1.77 bits per heavy atom. The third kappa shape index (κ3) is 6.41. The number of nitrogens with zero attached hydrogens (tertiary/aromatic N) is 1. The van der Waals surface area contributed by atoms with Crippen LogP contribution in [0.1, 0.15) is 40.5 Å². The van der Waals surface area contributed by atoms with Gasteiger partial charge in [0.25, 0.3) is 0 Å². The van der Waals surface area contributed by atoms with Gasteiger partial charge in [-0.25, -0.2) is 0 Å². The summed E-state index contributed by atoms with van der Waals surface area (Å²) in [5, 5.41) is 3.06. The van der Waals surface area contributed by atoms with Gasteiger partial charge < -0.3 is 15.8 Å². The summed E-state index contributed by atoms with van der Waals surface area (Å²) in [5.74, 6) is 0.730. The zero-order valence-corrected chi connectivity index (χ0v) is 15.3. The minimum Gasteiger partial charge on any atom is -0.379 e. The van der Waals surface area contributed by atoms with Crippen molar-refractivity contribution in [1.82, 2.24) is 10.2 Å². The molecule has 1 saturated heterocycles. The summed E-state index contributed by atoms with van der Waals surface area (Å²) in [6.45, 7) is 12.6. The minimum atomic E-state index is -0.419. The molecule has 1 amide bonds. The zero-order chi connectivity index (χ0) is 15.8. The van der Waals surface area contributed by atoms with Gasteiger partial charge in [0.05, 0.1) is 19.3 Å². The van der Waals surface area contributed by atoms with Crippen molar-refractivity contribution in [1.29, 1.82) is 0 Å². The van der Waals surface area contributed by atoms with Crippen molar-refractivity contribution in [3.05, 3.63) is 0 Å². The molecule has 1 aliphatic heterocycles. The molecule has 0 radical (unpaired) electrons. The van der Waals surface area contributed by atoms with Crippen LogP contribution in [0.2, 0.25) is 0 Å². The molecule has 0 aromatic rings. The smallest absolute Gasteiger partial charge is 0.237 e. The van der Waals surface area contributed by atoms with Crippen LogP contribution in [-0.2, 0) is 9.53 Å². The quantitative estimate of drug-likeness (QED) is 0.707. The first-order valence-corrected chi connectivity index (χ1v) is 8.36. The molecule has 3 N–H and O–H groups in total. The van der Waals surface area contributed by atoms with E-state index in [4.69, 9.17) is 10.5 Å². The van der Waals surface area contributed by atoms with E-state index in [0.717, 1.165) is 39.1 Å². The average molecular weight is 336 g/mol. The summed E-state index contributed by atoms with van der Waals surface area (Å²) >= 11 is 0. The number of hydrogen-bond acceptors (Lipinski definition) is 4. The summed E-state index contributed by atoms with van der Waals surface area (Å²) in [5.41, 5.74) is 5.92. The molecule has 5 nitrogen and oxygen atoms in total. The van der Waals surface area contributed by atoms with Crippen molar-refractivity contribution >= 4 is 18.3 Å². The maximum absolute atomic E-state index is 12.1. The van der Waals surface area contributed by atoms with Crippen molar-refractivity contribution in [3.63, 3.8) is 0 Å². The topological polar surface area (TPSA) is 67.6 Å².